The van der Waals surface area contributed by atoms with Gasteiger partial charge in [0, 0.05) is 16.3 Å². The van der Waals surface area contributed by atoms with Crippen molar-refractivity contribution in [1.82, 2.24) is 0 Å². The van der Waals surface area contributed by atoms with Crippen molar-refractivity contribution < 1.29 is 4.21 Å². The van der Waals surface area contributed by atoms with E-state index in [2.05, 4.69) is 5.43 Å². The molecular weight excluding hydrogens is 172 g/mol. The number of hydrogen-bond acceptors (Lipinski definition) is 3. The van der Waals surface area contributed by atoms with Crippen molar-refractivity contribution in [3.63, 3.8) is 0 Å². The second-order valence-corrected chi connectivity index (χ2v) is 4.04. The molecule has 0 aliphatic rings. The molecule has 66 valence electrons. The zero-order chi connectivity index (χ0) is 8.97. The number of hydrogen-bond donors (Lipinski definition) is 2. The van der Waals surface area contributed by atoms with E-state index in [9.17, 15) is 4.21 Å². The van der Waals surface area contributed by atoms with Crippen LogP contribution < -0.4 is 11.3 Å². The van der Waals surface area contributed by atoms with Crippen molar-refractivity contribution in [3.05, 3.63) is 24.3 Å². The molecule has 1 atom stereocenters. The van der Waals surface area contributed by atoms with Crippen LogP contribution in [0.15, 0.2) is 29.2 Å². The van der Waals surface area contributed by atoms with Crippen LogP contribution in [0, 0.1) is 0 Å². The zero-order valence-corrected chi connectivity index (χ0v) is 7.73. The van der Waals surface area contributed by atoms with E-state index in [4.69, 9.17) is 5.84 Å². The van der Waals surface area contributed by atoms with E-state index in [-0.39, 0.29) is 0 Å². The molecule has 1 aromatic carbocycles. The topological polar surface area (TPSA) is 55.1 Å². The zero-order valence-electron chi connectivity index (χ0n) is 6.91. The van der Waals surface area contributed by atoms with Gasteiger partial charge in [-0.2, -0.15) is 0 Å². The summed E-state index contributed by atoms with van der Waals surface area (Å²) in [4.78, 5) is 0.844. The van der Waals surface area contributed by atoms with Crippen molar-refractivity contribution in [2.45, 2.75) is 11.8 Å². The minimum absolute atomic E-state index is 0.648. The van der Waals surface area contributed by atoms with Gasteiger partial charge in [0.1, 0.15) is 0 Å². The summed E-state index contributed by atoms with van der Waals surface area (Å²) < 4.78 is 11.3. The summed E-state index contributed by atoms with van der Waals surface area (Å²) in [5.41, 5.74) is 3.34. The van der Waals surface area contributed by atoms with E-state index >= 15 is 0 Å². The summed E-state index contributed by atoms with van der Waals surface area (Å²) in [6.07, 6.45) is 0. The Morgan fingerprint density at radius 2 is 2.00 bits per heavy atom. The van der Waals surface area contributed by atoms with Crippen LogP contribution in [-0.4, -0.2) is 9.96 Å². The predicted octanol–water partition coefficient (Wildman–Crippen LogP) is 1.10. The molecule has 1 rings (SSSR count). The monoisotopic (exact) mass is 184 g/mol. The van der Waals surface area contributed by atoms with Crippen LogP contribution in [0.2, 0.25) is 0 Å². The first-order valence-electron chi connectivity index (χ1n) is 3.73. The average molecular weight is 184 g/mol. The molecule has 0 saturated heterocycles. The number of nitrogens with two attached hydrogens (primary N) is 1. The van der Waals surface area contributed by atoms with Gasteiger partial charge in [0.2, 0.25) is 0 Å². The highest BCUT2D eigenvalue weighted by atomic mass is 32.2. The highest BCUT2D eigenvalue weighted by molar-refractivity contribution is 7.85. The number of anilines is 1. The molecule has 12 heavy (non-hydrogen) atoms. The molecule has 0 aliphatic heterocycles. The van der Waals surface area contributed by atoms with Crippen LogP contribution >= 0.6 is 0 Å². The molecule has 0 amide bonds. The number of hydrazine groups is 1. The van der Waals surface area contributed by atoms with Gasteiger partial charge in [-0.1, -0.05) is 6.92 Å². The van der Waals surface area contributed by atoms with E-state index in [1.54, 1.807) is 0 Å². The molecule has 4 heteroatoms. The van der Waals surface area contributed by atoms with Gasteiger partial charge in [-0.15, -0.1) is 0 Å². The fourth-order valence-electron chi connectivity index (χ4n) is 0.870. The van der Waals surface area contributed by atoms with Crippen molar-refractivity contribution >= 4 is 16.5 Å². The lowest BCUT2D eigenvalue weighted by molar-refractivity contribution is 0.684. The number of rotatable bonds is 3. The molecule has 0 bridgehead atoms. The second kappa shape index (κ2) is 4.23. The summed E-state index contributed by atoms with van der Waals surface area (Å²) in [5.74, 6) is 5.83. The number of nitrogen functional groups attached to an aromatic ring is 1. The van der Waals surface area contributed by atoms with Gasteiger partial charge in [0.15, 0.2) is 0 Å². The normalized spacial score (nSPS) is 12.5. The van der Waals surface area contributed by atoms with Gasteiger partial charge in [0.05, 0.1) is 10.8 Å². The molecular formula is C8H12N2OS. The number of benzene rings is 1. The van der Waals surface area contributed by atoms with E-state index in [0.29, 0.717) is 5.75 Å². The Morgan fingerprint density at radius 3 is 2.42 bits per heavy atom. The summed E-state index contributed by atoms with van der Waals surface area (Å²) in [6, 6.07) is 7.25. The first-order valence-corrected chi connectivity index (χ1v) is 5.05. The lowest BCUT2D eigenvalue weighted by Crippen LogP contribution is -2.06. The highest BCUT2D eigenvalue weighted by Gasteiger charge is 1.99. The van der Waals surface area contributed by atoms with Crippen LogP contribution in [0.1, 0.15) is 6.92 Å². The predicted molar refractivity (Wildman–Crippen MR) is 51.2 cm³/mol. The maximum absolute atomic E-state index is 11.3. The SMILES string of the molecule is CCS(=O)c1ccc(NN)cc1. The third kappa shape index (κ3) is 2.06. The fraction of sp³-hybridized carbons (Fsp3) is 0.250. The first kappa shape index (κ1) is 9.22. The molecule has 1 unspecified atom stereocenters. The summed E-state index contributed by atoms with van der Waals surface area (Å²) >= 11 is 0. The third-order valence-electron chi connectivity index (χ3n) is 1.55. The van der Waals surface area contributed by atoms with Crippen molar-refractivity contribution in [1.29, 1.82) is 0 Å². The Balaban J connectivity index is 2.84. The van der Waals surface area contributed by atoms with Crippen LogP contribution in [0.5, 0.6) is 0 Å². The fourth-order valence-corrected chi connectivity index (χ4v) is 1.64. The van der Waals surface area contributed by atoms with E-state index in [0.717, 1.165) is 10.6 Å². The standard InChI is InChI=1S/C8H12N2OS/c1-2-12(11)8-5-3-7(10-9)4-6-8/h3-6,10H,2,9H2,1H3. The van der Waals surface area contributed by atoms with E-state index in [1.807, 2.05) is 31.2 Å². The first-order chi connectivity index (χ1) is 5.77. The maximum Gasteiger partial charge on any atom is 0.0526 e. The molecule has 0 aliphatic carbocycles. The quantitative estimate of drug-likeness (QED) is 0.546. The molecule has 0 aromatic heterocycles. The van der Waals surface area contributed by atoms with Crippen molar-refractivity contribution in [3.8, 4) is 0 Å². The lowest BCUT2D eigenvalue weighted by atomic mass is 10.3. The molecule has 0 heterocycles. The average Bonchev–Trinajstić information content (AvgIpc) is 2.17. The third-order valence-corrected chi connectivity index (χ3v) is 2.87. The molecule has 3 N–H and O–H groups in total. The van der Waals surface area contributed by atoms with E-state index < -0.39 is 10.8 Å². The Morgan fingerprint density at radius 1 is 1.42 bits per heavy atom. The van der Waals surface area contributed by atoms with Gasteiger partial charge in [-0.05, 0) is 24.3 Å². The molecule has 0 spiro atoms. The maximum atomic E-state index is 11.3. The largest absolute Gasteiger partial charge is 0.324 e. The van der Waals surface area contributed by atoms with Crippen LogP contribution in [0.25, 0.3) is 0 Å². The van der Waals surface area contributed by atoms with Gasteiger partial charge in [-0.25, -0.2) is 0 Å². The Bertz CT molecular complexity index is 271. The van der Waals surface area contributed by atoms with Crippen molar-refractivity contribution in [2.75, 3.05) is 11.2 Å². The Labute approximate surface area is 74.4 Å². The Hall–Kier alpha value is -0.870. The summed E-state index contributed by atoms with van der Waals surface area (Å²) in [7, 11) is -0.869. The molecule has 3 nitrogen and oxygen atoms in total. The van der Waals surface area contributed by atoms with Gasteiger partial charge in [-0.3, -0.25) is 10.1 Å². The van der Waals surface area contributed by atoms with Gasteiger partial charge >= 0.3 is 0 Å². The van der Waals surface area contributed by atoms with Gasteiger partial charge in [0.25, 0.3) is 0 Å². The number of nitrogens with one attached hydrogen (secondary N) is 1. The summed E-state index contributed by atoms with van der Waals surface area (Å²) in [5, 5.41) is 0. The van der Waals surface area contributed by atoms with Crippen molar-refractivity contribution in [2.24, 2.45) is 5.84 Å². The van der Waals surface area contributed by atoms with Gasteiger partial charge < -0.3 is 5.43 Å². The lowest BCUT2D eigenvalue weighted by Gasteiger charge is -2.01. The molecule has 1 aromatic rings. The minimum atomic E-state index is -0.869. The smallest absolute Gasteiger partial charge is 0.0526 e. The summed E-state index contributed by atoms with van der Waals surface area (Å²) in [6.45, 7) is 1.89. The van der Waals surface area contributed by atoms with Crippen LogP contribution in [0.4, 0.5) is 5.69 Å². The molecule has 0 saturated carbocycles. The molecule has 0 radical (unpaired) electrons. The van der Waals surface area contributed by atoms with Crippen LogP contribution in [-0.2, 0) is 10.8 Å². The highest BCUT2D eigenvalue weighted by Crippen LogP contribution is 2.11. The van der Waals surface area contributed by atoms with Crippen LogP contribution in [0.3, 0.4) is 0 Å². The second-order valence-electron chi connectivity index (χ2n) is 2.30. The van der Waals surface area contributed by atoms with E-state index in [1.165, 1.54) is 0 Å². The minimum Gasteiger partial charge on any atom is -0.324 e. The molecule has 0 fully saturated rings. The Kier molecular flexibility index (Phi) is 3.25.